The second-order valence-electron chi connectivity index (χ2n) is 7.89. The minimum Gasteiger partial charge on any atom is -0.508 e. The van der Waals surface area contributed by atoms with E-state index < -0.39 is 0 Å². The maximum absolute atomic E-state index is 10.3. The van der Waals surface area contributed by atoms with Crippen LogP contribution in [0.1, 0.15) is 87.8 Å². The molecule has 0 unspecified atom stereocenters. The van der Waals surface area contributed by atoms with Gasteiger partial charge in [0.1, 0.15) is 17.2 Å². The Kier molecular flexibility index (Phi) is 10.2. The summed E-state index contributed by atoms with van der Waals surface area (Å²) >= 11 is 0. The van der Waals surface area contributed by atoms with E-state index in [0.29, 0.717) is 12.0 Å². The van der Waals surface area contributed by atoms with Crippen molar-refractivity contribution in [2.45, 2.75) is 77.6 Å². The van der Waals surface area contributed by atoms with Crippen LogP contribution < -0.4 is 0 Å². The molecule has 0 aromatic heterocycles. The van der Waals surface area contributed by atoms with Crippen LogP contribution >= 0.6 is 0 Å². The highest BCUT2D eigenvalue weighted by molar-refractivity contribution is 5.71. The van der Waals surface area contributed by atoms with E-state index in [1.807, 2.05) is 24.3 Å². The van der Waals surface area contributed by atoms with Crippen molar-refractivity contribution in [3.05, 3.63) is 53.1 Å². The molecule has 0 fully saturated rings. The molecule has 3 nitrogen and oxygen atoms in total. The van der Waals surface area contributed by atoms with Crippen LogP contribution in [0.5, 0.6) is 17.2 Å². The number of rotatable bonds is 13. The maximum atomic E-state index is 10.3. The van der Waals surface area contributed by atoms with E-state index in [1.165, 1.54) is 51.4 Å². The lowest BCUT2D eigenvalue weighted by Crippen LogP contribution is -1.90. The van der Waals surface area contributed by atoms with Crippen LogP contribution in [0.2, 0.25) is 0 Å². The van der Waals surface area contributed by atoms with Crippen LogP contribution in [0.25, 0.3) is 12.2 Å². The van der Waals surface area contributed by atoms with Gasteiger partial charge in [-0.15, -0.1) is 0 Å². The molecule has 0 aliphatic rings. The van der Waals surface area contributed by atoms with Gasteiger partial charge in [-0.3, -0.25) is 0 Å². The molecule has 29 heavy (non-hydrogen) atoms. The summed E-state index contributed by atoms with van der Waals surface area (Å²) in [5.41, 5.74) is 2.34. The van der Waals surface area contributed by atoms with Crippen molar-refractivity contribution < 1.29 is 15.3 Å². The minimum atomic E-state index is 0.159. The van der Waals surface area contributed by atoms with E-state index in [-0.39, 0.29) is 17.2 Å². The van der Waals surface area contributed by atoms with E-state index in [1.54, 1.807) is 24.3 Å². The lowest BCUT2D eigenvalue weighted by molar-refractivity contribution is 0.435. The number of hydrogen-bond acceptors (Lipinski definition) is 3. The highest BCUT2D eigenvalue weighted by Crippen LogP contribution is 2.31. The average molecular weight is 397 g/mol. The Morgan fingerprint density at radius 3 is 1.66 bits per heavy atom. The van der Waals surface area contributed by atoms with Gasteiger partial charge >= 0.3 is 0 Å². The molecule has 2 rings (SSSR count). The third-order valence-corrected chi connectivity index (χ3v) is 5.37. The largest absolute Gasteiger partial charge is 0.508 e. The van der Waals surface area contributed by atoms with Crippen molar-refractivity contribution in [2.75, 3.05) is 0 Å². The Morgan fingerprint density at radius 2 is 1.10 bits per heavy atom. The SMILES string of the molecule is CCCCCCCCCCCCc1c(O)cc(/C=C/c2ccc(O)cc2)cc1O. The van der Waals surface area contributed by atoms with Gasteiger partial charge < -0.3 is 15.3 Å². The Hall–Kier alpha value is -2.42. The quantitative estimate of drug-likeness (QED) is 0.243. The van der Waals surface area contributed by atoms with Crippen molar-refractivity contribution in [3.63, 3.8) is 0 Å². The van der Waals surface area contributed by atoms with Crippen LogP contribution in [0.15, 0.2) is 36.4 Å². The van der Waals surface area contributed by atoms with Gasteiger partial charge in [-0.2, -0.15) is 0 Å². The predicted octanol–water partition coefficient (Wildman–Crippen LogP) is 7.44. The predicted molar refractivity (Wildman–Crippen MR) is 122 cm³/mol. The third kappa shape index (κ3) is 8.64. The molecule has 2 aromatic rings. The Labute approximate surface area is 175 Å². The molecule has 0 aliphatic heterocycles. The fraction of sp³-hybridized carbons (Fsp3) is 0.462. The summed E-state index contributed by atoms with van der Waals surface area (Å²) in [6, 6.07) is 10.3. The van der Waals surface area contributed by atoms with Gasteiger partial charge in [0.2, 0.25) is 0 Å². The van der Waals surface area contributed by atoms with Gasteiger partial charge in [0.25, 0.3) is 0 Å². The molecule has 0 spiro atoms. The first kappa shape index (κ1) is 22.9. The van der Waals surface area contributed by atoms with E-state index >= 15 is 0 Å². The molecule has 0 heterocycles. The molecule has 0 atom stereocenters. The monoisotopic (exact) mass is 396 g/mol. The first-order chi connectivity index (χ1) is 14.1. The lowest BCUT2D eigenvalue weighted by atomic mass is 10.0. The van der Waals surface area contributed by atoms with Crippen LogP contribution in [0.3, 0.4) is 0 Å². The summed E-state index contributed by atoms with van der Waals surface area (Å²) in [5, 5.41) is 30.0. The lowest BCUT2D eigenvalue weighted by Gasteiger charge is -2.09. The van der Waals surface area contributed by atoms with E-state index in [2.05, 4.69) is 6.92 Å². The maximum Gasteiger partial charge on any atom is 0.123 e. The van der Waals surface area contributed by atoms with Gasteiger partial charge in [-0.25, -0.2) is 0 Å². The highest BCUT2D eigenvalue weighted by Gasteiger charge is 2.09. The van der Waals surface area contributed by atoms with Gasteiger partial charge in [-0.1, -0.05) is 89.0 Å². The number of phenols is 3. The molecule has 0 saturated heterocycles. The van der Waals surface area contributed by atoms with Gasteiger partial charge in [0, 0.05) is 5.56 Å². The van der Waals surface area contributed by atoms with E-state index in [9.17, 15) is 15.3 Å². The Balaban J connectivity index is 1.74. The molecule has 0 bridgehead atoms. The Morgan fingerprint density at radius 1 is 0.621 bits per heavy atom. The minimum absolute atomic E-state index is 0.159. The van der Waals surface area contributed by atoms with Crippen LogP contribution in [-0.4, -0.2) is 15.3 Å². The fourth-order valence-electron chi connectivity index (χ4n) is 3.58. The molecule has 0 radical (unpaired) electrons. The zero-order chi connectivity index (χ0) is 20.9. The molecule has 2 aromatic carbocycles. The molecule has 0 aliphatic carbocycles. The van der Waals surface area contributed by atoms with Gasteiger partial charge in [-0.05, 0) is 48.2 Å². The van der Waals surface area contributed by atoms with Crippen molar-refractivity contribution in [1.29, 1.82) is 0 Å². The van der Waals surface area contributed by atoms with E-state index in [0.717, 1.165) is 24.0 Å². The molecule has 3 heteroatoms. The van der Waals surface area contributed by atoms with Crippen LogP contribution in [-0.2, 0) is 6.42 Å². The van der Waals surface area contributed by atoms with Gasteiger partial charge in [0.05, 0.1) is 0 Å². The summed E-state index contributed by atoms with van der Waals surface area (Å²) in [5.74, 6) is 0.548. The fourth-order valence-corrected chi connectivity index (χ4v) is 3.58. The van der Waals surface area contributed by atoms with E-state index in [4.69, 9.17) is 0 Å². The summed E-state index contributed by atoms with van der Waals surface area (Å²) in [6.45, 7) is 2.25. The zero-order valence-corrected chi connectivity index (χ0v) is 17.7. The summed E-state index contributed by atoms with van der Waals surface area (Å²) in [6.07, 6.45) is 17.1. The number of aromatic hydroxyl groups is 3. The summed E-state index contributed by atoms with van der Waals surface area (Å²) < 4.78 is 0. The highest BCUT2D eigenvalue weighted by atomic mass is 16.3. The number of benzene rings is 2. The first-order valence-corrected chi connectivity index (χ1v) is 11.1. The van der Waals surface area contributed by atoms with Crippen molar-refractivity contribution in [3.8, 4) is 17.2 Å². The molecule has 158 valence electrons. The molecule has 0 amide bonds. The topological polar surface area (TPSA) is 60.7 Å². The van der Waals surface area contributed by atoms with Crippen molar-refractivity contribution in [2.24, 2.45) is 0 Å². The molecular formula is C26H36O3. The number of unbranched alkanes of at least 4 members (excludes halogenated alkanes) is 9. The second kappa shape index (κ2) is 12.9. The summed E-state index contributed by atoms with van der Waals surface area (Å²) in [7, 11) is 0. The number of phenolic OH excluding ortho intramolecular Hbond substituents is 3. The second-order valence-corrected chi connectivity index (χ2v) is 7.89. The Bertz CT molecular complexity index is 724. The third-order valence-electron chi connectivity index (χ3n) is 5.37. The normalized spacial score (nSPS) is 11.3. The molecule has 3 N–H and O–H groups in total. The molecular weight excluding hydrogens is 360 g/mol. The van der Waals surface area contributed by atoms with Crippen molar-refractivity contribution in [1.82, 2.24) is 0 Å². The average Bonchev–Trinajstić information content (AvgIpc) is 2.70. The van der Waals surface area contributed by atoms with Crippen LogP contribution in [0, 0.1) is 0 Å². The van der Waals surface area contributed by atoms with Crippen LogP contribution in [0.4, 0.5) is 0 Å². The zero-order valence-electron chi connectivity index (χ0n) is 17.7. The number of hydrogen-bond donors (Lipinski definition) is 3. The molecule has 0 saturated carbocycles. The first-order valence-electron chi connectivity index (χ1n) is 11.1. The smallest absolute Gasteiger partial charge is 0.123 e. The van der Waals surface area contributed by atoms with Crippen molar-refractivity contribution >= 4 is 12.2 Å². The standard InChI is InChI=1S/C26H36O3/c1-2-3-4-5-6-7-8-9-10-11-12-24-25(28)19-22(20-26(24)29)14-13-21-15-17-23(27)18-16-21/h13-20,27-29H,2-12H2,1H3/b14-13+. The van der Waals surface area contributed by atoms with Gasteiger partial charge in [0.15, 0.2) is 0 Å². The summed E-state index contributed by atoms with van der Waals surface area (Å²) in [4.78, 5) is 0.